The molecule has 1 aromatic heterocycles. The Hall–Kier alpha value is -3.26. The van der Waals surface area contributed by atoms with Gasteiger partial charge in [0.05, 0.1) is 6.61 Å². The van der Waals surface area contributed by atoms with Crippen LogP contribution >= 0.6 is 0 Å². The molecule has 1 saturated carbocycles. The van der Waals surface area contributed by atoms with Crippen LogP contribution in [-0.2, 0) is 19.1 Å². The molecule has 0 saturated heterocycles. The minimum atomic E-state index is -0.789. The minimum Gasteiger partial charge on any atom is -0.383 e. The zero-order valence-corrected chi connectivity index (χ0v) is 20.0. The molecule has 34 heavy (non-hydrogen) atoms. The van der Waals surface area contributed by atoms with E-state index in [1.54, 1.807) is 31.5 Å². The van der Waals surface area contributed by atoms with Gasteiger partial charge in [0.1, 0.15) is 11.9 Å². The number of carbonyl (C=O) groups excluding carboxylic acids is 3. The molecule has 8 nitrogen and oxygen atoms in total. The molecule has 8 heteroatoms. The maximum absolute atomic E-state index is 13.4. The van der Waals surface area contributed by atoms with Gasteiger partial charge in [0.15, 0.2) is 0 Å². The molecule has 1 atom stereocenters. The van der Waals surface area contributed by atoms with Crippen LogP contribution in [0.5, 0.6) is 0 Å². The van der Waals surface area contributed by atoms with E-state index >= 15 is 0 Å². The van der Waals surface area contributed by atoms with E-state index in [4.69, 9.17) is 4.74 Å². The van der Waals surface area contributed by atoms with E-state index in [1.165, 1.54) is 4.90 Å². The molecule has 2 N–H and O–H groups in total. The van der Waals surface area contributed by atoms with Gasteiger partial charge in [0, 0.05) is 38.7 Å². The van der Waals surface area contributed by atoms with Crippen LogP contribution in [0.15, 0.2) is 48.7 Å². The Labute approximate surface area is 201 Å². The van der Waals surface area contributed by atoms with Gasteiger partial charge in [-0.2, -0.15) is 0 Å². The summed E-state index contributed by atoms with van der Waals surface area (Å²) >= 11 is 0. The summed E-state index contributed by atoms with van der Waals surface area (Å²) in [4.78, 5) is 44.7. The van der Waals surface area contributed by atoms with E-state index in [9.17, 15) is 14.4 Å². The Morgan fingerprint density at radius 2 is 1.82 bits per heavy atom. The van der Waals surface area contributed by atoms with Crippen molar-refractivity contribution in [3.8, 4) is 0 Å². The molecule has 1 heterocycles. The Bertz CT molecular complexity index is 943. The van der Waals surface area contributed by atoms with Gasteiger partial charge < -0.3 is 20.3 Å². The number of nitrogens with one attached hydrogen (secondary N) is 2. The third-order valence-corrected chi connectivity index (χ3v) is 6.01. The maximum atomic E-state index is 13.4. The zero-order valence-electron chi connectivity index (χ0n) is 20.0. The van der Waals surface area contributed by atoms with Gasteiger partial charge in [0.25, 0.3) is 0 Å². The summed E-state index contributed by atoms with van der Waals surface area (Å²) in [7, 11) is 1.56. The number of aryl methyl sites for hydroxylation is 1. The first kappa shape index (κ1) is 25.4. The molecule has 0 unspecified atom stereocenters. The number of hydrogen-bond donors (Lipinski definition) is 2. The summed E-state index contributed by atoms with van der Waals surface area (Å²) in [6.45, 7) is 2.50. The number of rotatable bonds is 11. The Morgan fingerprint density at radius 3 is 2.47 bits per heavy atom. The van der Waals surface area contributed by atoms with Crippen molar-refractivity contribution in [2.75, 3.05) is 25.6 Å². The largest absolute Gasteiger partial charge is 0.383 e. The molecule has 3 amide bonds. The Kier molecular flexibility index (Phi) is 9.58. The van der Waals surface area contributed by atoms with Gasteiger partial charge in [-0.3, -0.25) is 14.4 Å². The second-order valence-corrected chi connectivity index (χ2v) is 8.65. The molecular weight excluding hydrogens is 432 g/mol. The molecular formula is C26H34N4O4. The molecule has 0 bridgehead atoms. The van der Waals surface area contributed by atoms with Crippen molar-refractivity contribution in [2.24, 2.45) is 0 Å². The number of pyridine rings is 1. The Morgan fingerprint density at radius 1 is 1.09 bits per heavy atom. The second kappa shape index (κ2) is 12.8. The van der Waals surface area contributed by atoms with Crippen LogP contribution in [0.3, 0.4) is 0 Å². The molecule has 0 aliphatic heterocycles. The van der Waals surface area contributed by atoms with Crippen molar-refractivity contribution in [1.82, 2.24) is 15.2 Å². The summed E-state index contributed by atoms with van der Waals surface area (Å²) in [5, 5.41) is 5.83. The summed E-state index contributed by atoms with van der Waals surface area (Å²) in [6.07, 6.45) is 5.64. The first-order valence-electron chi connectivity index (χ1n) is 11.8. The highest BCUT2D eigenvalue weighted by Gasteiger charge is 2.33. The van der Waals surface area contributed by atoms with E-state index in [1.807, 2.05) is 31.2 Å². The van der Waals surface area contributed by atoms with E-state index in [2.05, 4.69) is 15.6 Å². The normalized spacial score (nSPS) is 14.4. The average Bonchev–Trinajstić information content (AvgIpc) is 3.34. The number of hydrogen-bond acceptors (Lipinski definition) is 5. The molecule has 3 rings (SSSR count). The van der Waals surface area contributed by atoms with Crippen molar-refractivity contribution < 1.29 is 19.1 Å². The quantitative estimate of drug-likeness (QED) is 0.529. The topological polar surface area (TPSA) is 101 Å². The van der Waals surface area contributed by atoms with Crippen molar-refractivity contribution in [2.45, 2.75) is 57.5 Å². The number of methoxy groups -OCH3 is 1. The SMILES string of the molecule is COCCN(C(=O)CCC(=O)Nc1ccccn1)[C@H](C(=O)NC1CCCC1)c1ccc(C)cc1. The molecule has 2 aromatic rings. The predicted molar refractivity (Wildman–Crippen MR) is 130 cm³/mol. The van der Waals surface area contributed by atoms with Crippen LogP contribution in [-0.4, -0.2) is 53.9 Å². The number of ether oxygens (including phenoxy) is 1. The fourth-order valence-corrected chi connectivity index (χ4v) is 4.17. The number of nitrogens with zero attached hydrogens (tertiary/aromatic N) is 2. The lowest BCUT2D eigenvalue weighted by molar-refractivity contribution is -0.142. The van der Waals surface area contributed by atoms with E-state index in [-0.39, 0.29) is 49.8 Å². The highest BCUT2D eigenvalue weighted by molar-refractivity contribution is 5.94. The third kappa shape index (κ3) is 7.38. The molecule has 0 spiro atoms. The van der Waals surface area contributed by atoms with Gasteiger partial charge in [-0.1, -0.05) is 48.7 Å². The fourth-order valence-electron chi connectivity index (χ4n) is 4.17. The fraction of sp³-hybridized carbons (Fsp3) is 0.462. The van der Waals surface area contributed by atoms with Crippen molar-refractivity contribution in [3.63, 3.8) is 0 Å². The lowest BCUT2D eigenvalue weighted by Gasteiger charge is -2.32. The van der Waals surface area contributed by atoms with Gasteiger partial charge in [-0.15, -0.1) is 0 Å². The number of anilines is 1. The van der Waals surface area contributed by atoms with Crippen LogP contribution in [0.4, 0.5) is 5.82 Å². The number of aromatic nitrogens is 1. The van der Waals surface area contributed by atoms with Crippen LogP contribution in [0.1, 0.15) is 55.7 Å². The van der Waals surface area contributed by atoms with Gasteiger partial charge in [-0.25, -0.2) is 4.98 Å². The molecule has 1 aliphatic carbocycles. The molecule has 1 fully saturated rings. The minimum absolute atomic E-state index is 0.0102. The van der Waals surface area contributed by atoms with Crippen LogP contribution < -0.4 is 10.6 Å². The zero-order chi connectivity index (χ0) is 24.3. The first-order valence-corrected chi connectivity index (χ1v) is 11.8. The van der Waals surface area contributed by atoms with Crippen LogP contribution in [0.25, 0.3) is 0 Å². The van der Waals surface area contributed by atoms with Crippen molar-refractivity contribution in [1.29, 1.82) is 0 Å². The highest BCUT2D eigenvalue weighted by atomic mass is 16.5. The molecule has 1 aliphatic rings. The smallest absolute Gasteiger partial charge is 0.247 e. The average molecular weight is 467 g/mol. The third-order valence-electron chi connectivity index (χ3n) is 6.01. The summed E-state index contributed by atoms with van der Waals surface area (Å²) < 4.78 is 5.23. The lowest BCUT2D eigenvalue weighted by Crippen LogP contribution is -2.47. The lowest BCUT2D eigenvalue weighted by atomic mass is 10.0. The maximum Gasteiger partial charge on any atom is 0.247 e. The number of carbonyl (C=O) groups is 3. The number of amides is 3. The van der Waals surface area contributed by atoms with Gasteiger partial charge in [-0.05, 0) is 37.5 Å². The van der Waals surface area contributed by atoms with Crippen LogP contribution in [0, 0.1) is 6.92 Å². The Balaban J connectivity index is 1.75. The standard InChI is InChI=1S/C26H34N4O4/c1-19-10-12-20(13-11-19)25(26(33)28-21-7-3-4-8-21)30(17-18-34-2)24(32)15-14-23(31)29-22-9-5-6-16-27-22/h5-6,9-13,16,21,25H,3-4,7-8,14-15,17-18H2,1-2H3,(H,28,33)(H,27,29,31)/t25-/m0/s1. The van der Waals surface area contributed by atoms with Gasteiger partial charge in [0.2, 0.25) is 17.7 Å². The molecule has 182 valence electrons. The summed E-state index contributed by atoms with van der Waals surface area (Å²) in [5.41, 5.74) is 1.81. The van der Waals surface area contributed by atoms with Crippen molar-refractivity contribution >= 4 is 23.5 Å². The monoisotopic (exact) mass is 466 g/mol. The van der Waals surface area contributed by atoms with E-state index < -0.39 is 6.04 Å². The van der Waals surface area contributed by atoms with Gasteiger partial charge >= 0.3 is 0 Å². The van der Waals surface area contributed by atoms with E-state index in [0.717, 1.165) is 36.8 Å². The van der Waals surface area contributed by atoms with Crippen LogP contribution in [0.2, 0.25) is 0 Å². The summed E-state index contributed by atoms with van der Waals surface area (Å²) in [5.74, 6) is -0.343. The highest BCUT2D eigenvalue weighted by Crippen LogP contribution is 2.25. The number of benzene rings is 1. The van der Waals surface area contributed by atoms with Crippen molar-refractivity contribution in [3.05, 3.63) is 59.8 Å². The predicted octanol–water partition coefficient (Wildman–Crippen LogP) is 3.38. The summed E-state index contributed by atoms with van der Waals surface area (Å²) in [6, 6.07) is 12.2. The molecule has 1 aromatic carbocycles. The molecule has 0 radical (unpaired) electrons. The second-order valence-electron chi connectivity index (χ2n) is 8.65. The first-order chi connectivity index (χ1) is 16.5. The van der Waals surface area contributed by atoms with E-state index in [0.29, 0.717) is 5.82 Å².